The minimum atomic E-state index is -0.668. The van der Waals surface area contributed by atoms with Gasteiger partial charge in [0.05, 0.1) is 33.9 Å². The monoisotopic (exact) mass is 494 g/mol. The minimum Gasteiger partial charge on any atom is -0.466 e. The summed E-state index contributed by atoms with van der Waals surface area (Å²) in [6.07, 6.45) is 4.69. The molecule has 0 aromatic heterocycles. The van der Waals surface area contributed by atoms with Crippen LogP contribution in [0.25, 0.3) is 0 Å². The molecule has 0 radical (unpaired) electrons. The standard InChI is InChI=1S/C24H31ClN2O5S/c1-2-32-23(31)18-17-11-12-24(33-17)19(18)22(30)27(13-7-3-4-8-14-28)20(24)21(29)26-16-10-6-5-9-15(16)25/h5-6,9-10,17-20,28H,2-4,7-8,11-14H2,1H3,(H,26,29)/t17-,18+,19+,20?,24?/m1/s1. The maximum Gasteiger partial charge on any atom is 0.310 e. The summed E-state index contributed by atoms with van der Waals surface area (Å²) in [6, 6.07) is 6.38. The average molecular weight is 495 g/mol. The Morgan fingerprint density at radius 1 is 1.27 bits per heavy atom. The number of fused-ring (bicyclic) bond motifs is 1. The van der Waals surface area contributed by atoms with Crippen LogP contribution in [0.5, 0.6) is 0 Å². The van der Waals surface area contributed by atoms with E-state index >= 15 is 0 Å². The maximum absolute atomic E-state index is 13.7. The summed E-state index contributed by atoms with van der Waals surface area (Å²) >= 11 is 7.91. The number of carbonyl (C=O) groups is 3. The van der Waals surface area contributed by atoms with Crippen LogP contribution in [0.15, 0.2) is 24.3 Å². The molecule has 0 aliphatic carbocycles. The number of thioether (sulfide) groups is 1. The summed E-state index contributed by atoms with van der Waals surface area (Å²) < 4.78 is 4.71. The van der Waals surface area contributed by atoms with Crippen molar-refractivity contribution in [1.29, 1.82) is 0 Å². The lowest BCUT2D eigenvalue weighted by molar-refractivity contribution is -0.153. The van der Waals surface area contributed by atoms with Gasteiger partial charge in [0.2, 0.25) is 11.8 Å². The van der Waals surface area contributed by atoms with Crippen molar-refractivity contribution >= 4 is 46.8 Å². The number of hydrogen-bond donors (Lipinski definition) is 2. The van der Waals surface area contributed by atoms with Crippen LogP contribution in [0.4, 0.5) is 5.69 Å². The molecule has 1 aromatic carbocycles. The van der Waals surface area contributed by atoms with Crippen molar-refractivity contribution in [2.75, 3.05) is 25.1 Å². The van der Waals surface area contributed by atoms with Crippen molar-refractivity contribution in [2.45, 2.75) is 61.5 Å². The van der Waals surface area contributed by atoms with Gasteiger partial charge in [0.15, 0.2) is 0 Å². The number of nitrogens with one attached hydrogen (secondary N) is 1. The quantitative estimate of drug-likeness (QED) is 0.382. The van der Waals surface area contributed by atoms with E-state index in [4.69, 9.17) is 21.4 Å². The zero-order valence-corrected chi connectivity index (χ0v) is 20.4. The van der Waals surface area contributed by atoms with E-state index in [1.54, 1.807) is 47.9 Å². The van der Waals surface area contributed by atoms with Crippen molar-refractivity contribution < 1.29 is 24.2 Å². The number of amides is 2. The molecule has 3 saturated heterocycles. The Bertz CT molecular complexity index is 915. The number of aliphatic hydroxyl groups is 1. The van der Waals surface area contributed by atoms with Crippen LogP contribution in [-0.4, -0.2) is 63.6 Å². The molecule has 0 saturated carbocycles. The molecule has 180 valence electrons. The van der Waals surface area contributed by atoms with E-state index in [1.165, 1.54) is 0 Å². The maximum atomic E-state index is 13.7. The Kier molecular flexibility index (Phi) is 7.56. The molecular weight excluding hydrogens is 464 g/mol. The van der Waals surface area contributed by atoms with E-state index in [0.29, 0.717) is 17.3 Å². The van der Waals surface area contributed by atoms with Crippen LogP contribution >= 0.6 is 23.4 Å². The van der Waals surface area contributed by atoms with Gasteiger partial charge in [-0.25, -0.2) is 0 Å². The average Bonchev–Trinajstić information content (AvgIpc) is 3.43. The Morgan fingerprint density at radius 3 is 2.76 bits per heavy atom. The minimum absolute atomic E-state index is 0.000294. The number of carbonyl (C=O) groups excluding carboxylic acids is 3. The molecule has 2 bridgehead atoms. The highest BCUT2D eigenvalue weighted by molar-refractivity contribution is 8.02. The fourth-order valence-electron chi connectivity index (χ4n) is 5.71. The zero-order chi connectivity index (χ0) is 23.6. The van der Waals surface area contributed by atoms with Crippen LogP contribution in [0.1, 0.15) is 45.4 Å². The molecule has 9 heteroatoms. The first-order valence-corrected chi connectivity index (χ1v) is 13.0. The van der Waals surface area contributed by atoms with Crippen molar-refractivity contribution in [2.24, 2.45) is 11.8 Å². The number of para-hydroxylation sites is 1. The smallest absolute Gasteiger partial charge is 0.310 e. The van der Waals surface area contributed by atoms with Gasteiger partial charge in [0.25, 0.3) is 0 Å². The lowest BCUT2D eigenvalue weighted by Crippen LogP contribution is -2.51. The Balaban J connectivity index is 1.62. The number of hydrogen-bond acceptors (Lipinski definition) is 6. The van der Waals surface area contributed by atoms with Gasteiger partial charge in [-0.05, 0) is 44.7 Å². The molecule has 7 nitrogen and oxygen atoms in total. The van der Waals surface area contributed by atoms with E-state index in [0.717, 1.165) is 38.5 Å². The van der Waals surface area contributed by atoms with Crippen molar-refractivity contribution in [3.63, 3.8) is 0 Å². The molecular formula is C24H31ClN2O5S. The Hall–Kier alpha value is -1.77. The van der Waals surface area contributed by atoms with Crippen LogP contribution in [-0.2, 0) is 19.1 Å². The number of anilines is 1. The Morgan fingerprint density at radius 2 is 2.03 bits per heavy atom. The molecule has 3 aliphatic rings. The number of likely N-dealkylation sites (tertiary alicyclic amines) is 1. The van der Waals surface area contributed by atoms with Gasteiger partial charge in [-0.15, -0.1) is 11.8 Å². The summed E-state index contributed by atoms with van der Waals surface area (Å²) in [6.45, 7) is 2.63. The number of esters is 1. The lowest BCUT2D eigenvalue weighted by atomic mass is 9.71. The van der Waals surface area contributed by atoms with Gasteiger partial charge in [-0.2, -0.15) is 0 Å². The third-order valence-corrected chi connectivity index (χ3v) is 9.33. The van der Waals surface area contributed by atoms with Gasteiger partial charge in [-0.1, -0.05) is 36.6 Å². The van der Waals surface area contributed by atoms with Crippen molar-refractivity contribution in [3.05, 3.63) is 29.3 Å². The highest BCUT2D eigenvalue weighted by Gasteiger charge is 2.73. The molecule has 1 spiro atoms. The SMILES string of the molecule is CCOC(=O)[C@@H]1[C@H]2C(=O)N(CCCCCCO)C(C(=O)Nc3ccccc3Cl)C23CC[C@H]1S3. The number of halogens is 1. The highest BCUT2D eigenvalue weighted by atomic mass is 35.5. The molecule has 3 heterocycles. The van der Waals surface area contributed by atoms with Gasteiger partial charge in [0.1, 0.15) is 6.04 Å². The van der Waals surface area contributed by atoms with Gasteiger partial charge in [0, 0.05) is 18.4 Å². The first-order chi connectivity index (χ1) is 15.9. The van der Waals surface area contributed by atoms with E-state index in [-0.39, 0.29) is 36.2 Å². The molecule has 2 unspecified atom stereocenters. The lowest BCUT2D eigenvalue weighted by Gasteiger charge is -2.34. The summed E-state index contributed by atoms with van der Waals surface area (Å²) in [5.74, 6) is -1.76. The van der Waals surface area contributed by atoms with Crippen LogP contribution in [0.3, 0.4) is 0 Å². The fourth-order valence-corrected chi connectivity index (χ4v) is 8.10. The second-order valence-electron chi connectivity index (χ2n) is 8.95. The number of rotatable bonds is 10. The van der Waals surface area contributed by atoms with E-state index in [9.17, 15) is 14.4 Å². The second-order valence-corrected chi connectivity index (χ2v) is 11.0. The topological polar surface area (TPSA) is 95.9 Å². The predicted molar refractivity (Wildman–Crippen MR) is 128 cm³/mol. The number of unbranched alkanes of at least 4 members (excludes halogenated alkanes) is 3. The highest BCUT2D eigenvalue weighted by Crippen LogP contribution is 2.66. The molecule has 1 aromatic rings. The van der Waals surface area contributed by atoms with Gasteiger partial charge in [-0.3, -0.25) is 14.4 Å². The molecule has 2 N–H and O–H groups in total. The molecule has 3 aliphatic heterocycles. The largest absolute Gasteiger partial charge is 0.466 e. The third kappa shape index (κ3) is 4.37. The van der Waals surface area contributed by atoms with E-state index in [1.807, 2.05) is 0 Å². The van der Waals surface area contributed by atoms with Crippen molar-refractivity contribution in [1.82, 2.24) is 4.90 Å². The molecule has 3 fully saturated rings. The third-order valence-electron chi connectivity index (χ3n) is 7.05. The molecule has 5 atom stereocenters. The molecule has 2 amide bonds. The van der Waals surface area contributed by atoms with Crippen LogP contribution < -0.4 is 5.32 Å². The molecule has 33 heavy (non-hydrogen) atoms. The summed E-state index contributed by atoms with van der Waals surface area (Å²) in [7, 11) is 0. The summed E-state index contributed by atoms with van der Waals surface area (Å²) in [5, 5.41) is 12.4. The van der Waals surface area contributed by atoms with Gasteiger partial charge < -0.3 is 20.1 Å². The number of nitrogens with zero attached hydrogens (tertiary/aromatic N) is 1. The summed E-state index contributed by atoms with van der Waals surface area (Å²) in [4.78, 5) is 41.9. The molecule has 4 rings (SSSR count). The van der Waals surface area contributed by atoms with E-state index < -0.39 is 22.6 Å². The van der Waals surface area contributed by atoms with Crippen LogP contribution in [0, 0.1) is 11.8 Å². The number of ether oxygens (including phenoxy) is 1. The predicted octanol–water partition coefficient (Wildman–Crippen LogP) is 3.49. The fraction of sp³-hybridized carbons (Fsp3) is 0.625. The summed E-state index contributed by atoms with van der Waals surface area (Å²) in [5.41, 5.74) is 0.513. The second kappa shape index (κ2) is 10.2. The Labute approximate surface area is 203 Å². The normalized spacial score (nSPS) is 29.9. The van der Waals surface area contributed by atoms with Gasteiger partial charge >= 0.3 is 5.97 Å². The van der Waals surface area contributed by atoms with Crippen molar-refractivity contribution in [3.8, 4) is 0 Å². The number of aliphatic hydroxyl groups excluding tert-OH is 1. The number of benzene rings is 1. The zero-order valence-electron chi connectivity index (χ0n) is 18.8. The first kappa shape index (κ1) is 24.4. The van der Waals surface area contributed by atoms with Crippen LogP contribution in [0.2, 0.25) is 5.02 Å². The van der Waals surface area contributed by atoms with E-state index in [2.05, 4.69) is 5.32 Å². The first-order valence-electron chi connectivity index (χ1n) is 11.8.